The molecule has 4 N–H and O–H groups in total. The zero-order valence-electron chi connectivity index (χ0n) is 26.8. The molecule has 1 aliphatic carbocycles. The summed E-state index contributed by atoms with van der Waals surface area (Å²) in [6.07, 6.45) is 6.04. The van der Waals surface area contributed by atoms with Gasteiger partial charge in [-0.1, -0.05) is 53.5 Å². The fraction of sp³-hybridized carbons (Fsp3) is 0.314. The third kappa shape index (κ3) is 8.63. The third-order valence-electron chi connectivity index (χ3n) is 8.45. The molecule has 0 radical (unpaired) electrons. The fourth-order valence-corrected chi connectivity index (χ4v) is 6.12. The highest BCUT2D eigenvalue weighted by atomic mass is 35.5. The van der Waals surface area contributed by atoms with Crippen molar-refractivity contribution >= 4 is 52.4 Å². The zero-order valence-corrected chi connectivity index (χ0v) is 28.4. The Balaban J connectivity index is 1.24. The molecule has 2 aromatic heterocycles. The van der Waals surface area contributed by atoms with Gasteiger partial charge in [0.05, 0.1) is 21.4 Å². The van der Waals surface area contributed by atoms with Gasteiger partial charge in [-0.2, -0.15) is 5.10 Å². The van der Waals surface area contributed by atoms with Crippen LogP contribution in [0.15, 0.2) is 71.8 Å². The molecule has 0 unspecified atom stereocenters. The minimum Gasteiger partial charge on any atom is -0.349 e. The molecule has 2 aliphatic rings. The first-order valence-electron chi connectivity index (χ1n) is 16.2. The van der Waals surface area contributed by atoms with E-state index in [4.69, 9.17) is 23.2 Å². The molecule has 4 amide bonds. The van der Waals surface area contributed by atoms with E-state index in [9.17, 15) is 19.2 Å². The van der Waals surface area contributed by atoms with Crippen molar-refractivity contribution in [3.63, 3.8) is 0 Å². The highest BCUT2D eigenvalue weighted by Crippen LogP contribution is 2.29. The van der Waals surface area contributed by atoms with Gasteiger partial charge in [0.2, 0.25) is 0 Å². The molecule has 2 aromatic carbocycles. The van der Waals surface area contributed by atoms with Gasteiger partial charge in [0.25, 0.3) is 17.4 Å². The van der Waals surface area contributed by atoms with Crippen molar-refractivity contribution in [3.05, 3.63) is 104 Å². The Kier molecular flexibility index (Phi) is 10.6. The zero-order chi connectivity index (χ0) is 34.5. The quantitative estimate of drug-likeness (QED) is 0.169. The molecule has 6 rings (SSSR count). The smallest absolute Gasteiger partial charge is 0.323 e. The predicted molar refractivity (Wildman–Crippen MR) is 189 cm³/mol. The highest BCUT2D eigenvalue weighted by Gasteiger charge is 2.26. The van der Waals surface area contributed by atoms with Crippen molar-refractivity contribution < 1.29 is 14.4 Å². The topological polar surface area (TPSA) is 150 Å². The van der Waals surface area contributed by atoms with E-state index in [-0.39, 0.29) is 68.7 Å². The first-order chi connectivity index (χ1) is 23.7. The van der Waals surface area contributed by atoms with Crippen LogP contribution in [0.3, 0.4) is 0 Å². The Morgan fingerprint density at radius 3 is 2.04 bits per heavy atom. The number of pyridine rings is 1. The van der Waals surface area contributed by atoms with Crippen molar-refractivity contribution in [2.24, 2.45) is 0 Å². The number of carbonyl (C=O) groups is 3. The Morgan fingerprint density at radius 2 is 1.45 bits per heavy atom. The van der Waals surface area contributed by atoms with Crippen LogP contribution in [-0.2, 0) is 13.1 Å². The van der Waals surface area contributed by atoms with E-state index in [0.717, 1.165) is 45.3 Å². The Bertz CT molecular complexity index is 1900. The van der Waals surface area contributed by atoms with E-state index in [0.29, 0.717) is 5.56 Å². The standard InChI is InChI=1S/C35H36Cl2N8O4/c1-2-45-34(48)30(41-35(49)42-31-27(36)18-38-19-28(31)37)17-29(43-45)22-14-23(32(46)39-25-8-9-25)16-24(15-22)33(47)40-26-10-12-44(13-11-26)20-21-6-4-3-5-7-21/h3-7,14-19,25-26H,2,8-13,20H2,1H3,(H,39,46)(H,40,47)(H2,38,41,42,49). The molecule has 14 heteroatoms. The average molecular weight is 704 g/mol. The first-order valence-corrected chi connectivity index (χ1v) is 16.9. The summed E-state index contributed by atoms with van der Waals surface area (Å²) in [5.74, 6) is -0.614. The number of piperidine rings is 1. The summed E-state index contributed by atoms with van der Waals surface area (Å²) in [4.78, 5) is 59.3. The molecule has 1 aliphatic heterocycles. The monoisotopic (exact) mass is 702 g/mol. The van der Waals surface area contributed by atoms with Crippen LogP contribution in [0.2, 0.25) is 10.0 Å². The van der Waals surface area contributed by atoms with Crippen LogP contribution in [0.1, 0.15) is 58.9 Å². The van der Waals surface area contributed by atoms with Crippen molar-refractivity contribution in [1.82, 2.24) is 30.3 Å². The van der Waals surface area contributed by atoms with Crippen LogP contribution in [0.25, 0.3) is 11.3 Å². The molecule has 0 bridgehead atoms. The van der Waals surface area contributed by atoms with Crippen molar-refractivity contribution in [1.29, 1.82) is 0 Å². The summed E-state index contributed by atoms with van der Waals surface area (Å²) >= 11 is 12.3. The second-order valence-electron chi connectivity index (χ2n) is 12.2. The van der Waals surface area contributed by atoms with E-state index in [1.54, 1.807) is 25.1 Å². The first kappa shape index (κ1) is 34.1. The average Bonchev–Trinajstić information content (AvgIpc) is 3.92. The molecule has 0 atom stereocenters. The van der Waals surface area contributed by atoms with Crippen molar-refractivity contribution in [3.8, 4) is 11.3 Å². The number of hydrogen-bond donors (Lipinski definition) is 4. The number of nitrogens with zero attached hydrogens (tertiary/aromatic N) is 4. The number of aryl methyl sites for hydroxylation is 1. The maximum Gasteiger partial charge on any atom is 0.323 e. The van der Waals surface area contributed by atoms with Gasteiger partial charge in [0, 0.05) is 67.3 Å². The van der Waals surface area contributed by atoms with Gasteiger partial charge in [-0.15, -0.1) is 0 Å². The molecule has 0 spiro atoms. The number of nitrogens with one attached hydrogen (secondary N) is 4. The Morgan fingerprint density at radius 1 is 0.837 bits per heavy atom. The number of urea groups is 1. The van der Waals surface area contributed by atoms with Crippen LogP contribution in [0, 0.1) is 0 Å². The maximum atomic E-state index is 13.7. The number of anilines is 2. The number of hydrogen-bond acceptors (Lipinski definition) is 7. The van der Waals surface area contributed by atoms with Crippen LogP contribution in [0.5, 0.6) is 0 Å². The van der Waals surface area contributed by atoms with Gasteiger partial charge in [-0.3, -0.25) is 24.3 Å². The lowest BCUT2D eigenvalue weighted by molar-refractivity contribution is 0.0909. The summed E-state index contributed by atoms with van der Waals surface area (Å²) in [6, 6.07) is 15.9. The number of likely N-dealkylation sites (tertiary alicyclic amines) is 1. The number of halogens is 2. The fourth-order valence-electron chi connectivity index (χ4n) is 5.66. The normalized spacial score (nSPS) is 15.0. The van der Waals surface area contributed by atoms with E-state index >= 15 is 0 Å². The molecule has 1 saturated heterocycles. The lowest BCUT2D eigenvalue weighted by Crippen LogP contribution is -2.44. The van der Waals surface area contributed by atoms with Crippen LogP contribution in [-0.4, -0.2) is 62.7 Å². The second kappa shape index (κ2) is 15.2. The molecule has 12 nitrogen and oxygen atoms in total. The van der Waals surface area contributed by atoms with E-state index in [1.165, 1.54) is 28.7 Å². The number of amides is 4. The molecular formula is C35H36Cl2N8O4. The van der Waals surface area contributed by atoms with E-state index in [1.807, 2.05) is 18.2 Å². The second-order valence-corrected chi connectivity index (χ2v) is 13.0. The molecule has 2 fully saturated rings. The summed E-state index contributed by atoms with van der Waals surface area (Å²) < 4.78 is 1.19. The third-order valence-corrected chi connectivity index (χ3v) is 9.02. The Labute approximate surface area is 293 Å². The molecule has 3 heterocycles. The minimum atomic E-state index is -0.764. The number of rotatable bonds is 10. The Hall–Kier alpha value is -4.78. The lowest BCUT2D eigenvalue weighted by Gasteiger charge is -2.32. The number of benzene rings is 2. The van der Waals surface area contributed by atoms with Gasteiger partial charge in [-0.25, -0.2) is 9.48 Å². The number of carbonyl (C=O) groups excluding carboxylic acids is 3. The molecule has 4 aromatic rings. The van der Waals surface area contributed by atoms with Gasteiger partial charge >= 0.3 is 6.03 Å². The largest absolute Gasteiger partial charge is 0.349 e. The molecule has 49 heavy (non-hydrogen) atoms. The van der Waals surface area contributed by atoms with Gasteiger partial charge in [0.15, 0.2) is 0 Å². The van der Waals surface area contributed by atoms with Crippen LogP contribution >= 0.6 is 23.2 Å². The summed E-state index contributed by atoms with van der Waals surface area (Å²) in [5.41, 5.74) is 2.04. The van der Waals surface area contributed by atoms with E-state index < -0.39 is 11.6 Å². The highest BCUT2D eigenvalue weighted by molar-refractivity contribution is 6.39. The van der Waals surface area contributed by atoms with Crippen LogP contribution < -0.4 is 26.8 Å². The van der Waals surface area contributed by atoms with E-state index in [2.05, 4.69) is 48.4 Å². The minimum absolute atomic E-state index is 0.0243. The molecule has 1 saturated carbocycles. The van der Waals surface area contributed by atoms with Gasteiger partial charge < -0.3 is 21.3 Å². The SMILES string of the molecule is CCn1nc(-c2cc(C(=O)NC3CC3)cc(C(=O)NC3CCN(Cc4ccccc4)CC3)c2)cc(NC(=O)Nc2c(Cl)cncc2Cl)c1=O. The maximum absolute atomic E-state index is 13.7. The molecule has 254 valence electrons. The summed E-state index contributed by atoms with van der Waals surface area (Å²) in [7, 11) is 0. The van der Waals surface area contributed by atoms with Crippen LogP contribution in [0.4, 0.5) is 16.2 Å². The molecular weight excluding hydrogens is 667 g/mol. The predicted octanol–water partition coefficient (Wildman–Crippen LogP) is 5.56. The summed E-state index contributed by atoms with van der Waals surface area (Å²) in [6.45, 7) is 4.49. The lowest BCUT2D eigenvalue weighted by atomic mass is 10.00. The number of aromatic nitrogens is 3. The van der Waals surface area contributed by atoms with Gasteiger partial charge in [0.1, 0.15) is 5.69 Å². The van der Waals surface area contributed by atoms with Gasteiger partial charge in [-0.05, 0) is 62.4 Å². The van der Waals surface area contributed by atoms with Crippen molar-refractivity contribution in [2.45, 2.75) is 57.8 Å². The summed E-state index contributed by atoms with van der Waals surface area (Å²) in [5, 5.41) is 16.0. The van der Waals surface area contributed by atoms with Crippen molar-refractivity contribution in [2.75, 3.05) is 23.7 Å².